The first-order chi connectivity index (χ1) is 10.7. The van der Waals surface area contributed by atoms with E-state index in [-0.39, 0.29) is 5.60 Å². The summed E-state index contributed by atoms with van der Waals surface area (Å²) >= 11 is 0. The first kappa shape index (κ1) is 14.6. The Morgan fingerprint density at radius 1 is 1.00 bits per heavy atom. The van der Waals surface area contributed by atoms with Crippen LogP contribution in [0, 0.1) is 17.8 Å². The molecular formula is C21H30O. The Morgan fingerprint density at radius 2 is 1.55 bits per heavy atom. The van der Waals surface area contributed by atoms with Crippen molar-refractivity contribution in [1.82, 2.24) is 0 Å². The molecule has 0 amide bonds. The van der Waals surface area contributed by atoms with Gasteiger partial charge in [-0.2, -0.15) is 0 Å². The molecule has 1 heteroatoms. The van der Waals surface area contributed by atoms with Gasteiger partial charge in [-0.3, -0.25) is 0 Å². The maximum absolute atomic E-state index is 6.61. The minimum absolute atomic E-state index is 0.186. The quantitative estimate of drug-likeness (QED) is 0.654. The second kappa shape index (κ2) is 5.58. The molecule has 0 spiro atoms. The number of rotatable bonds is 5. The first-order valence-corrected chi connectivity index (χ1v) is 9.45. The van der Waals surface area contributed by atoms with Crippen molar-refractivity contribution in [3.8, 4) is 5.75 Å². The van der Waals surface area contributed by atoms with E-state index >= 15 is 0 Å². The van der Waals surface area contributed by atoms with Gasteiger partial charge in [-0.1, -0.05) is 32.4 Å². The molecule has 0 radical (unpaired) electrons. The van der Waals surface area contributed by atoms with Crippen molar-refractivity contribution in [3.63, 3.8) is 0 Å². The van der Waals surface area contributed by atoms with Gasteiger partial charge >= 0.3 is 0 Å². The van der Waals surface area contributed by atoms with Crippen LogP contribution in [-0.2, 0) is 0 Å². The summed E-state index contributed by atoms with van der Waals surface area (Å²) in [5.41, 5.74) is 1.64. The Labute approximate surface area is 135 Å². The number of hydrogen-bond donors (Lipinski definition) is 0. The van der Waals surface area contributed by atoms with Crippen molar-refractivity contribution in [2.75, 3.05) is 0 Å². The summed E-state index contributed by atoms with van der Waals surface area (Å²) in [6.45, 7) is 4.60. The van der Waals surface area contributed by atoms with E-state index in [4.69, 9.17) is 4.74 Å². The van der Waals surface area contributed by atoms with E-state index in [1.54, 1.807) is 0 Å². The molecule has 1 aromatic rings. The molecule has 5 rings (SSSR count). The zero-order chi connectivity index (χ0) is 15.2. The van der Waals surface area contributed by atoms with Crippen molar-refractivity contribution in [3.05, 3.63) is 29.8 Å². The summed E-state index contributed by atoms with van der Waals surface area (Å²) < 4.78 is 6.61. The summed E-state index contributed by atoms with van der Waals surface area (Å²) in [6.07, 6.45) is 10.9. The molecule has 120 valence electrons. The molecule has 1 unspecified atom stereocenters. The molecule has 0 N–H and O–H groups in total. The zero-order valence-corrected chi connectivity index (χ0v) is 14.2. The third-order valence-corrected chi connectivity index (χ3v) is 6.49. The minimum Gasteiger partial charge on any atom is -0.487 e. The Hall–Kier alpha value is -0.980. The largest absolute Gasteiger partial charge is 0.487 e. The maximum Gasteiger partial charge on any atom is 0.120 e. The van der Waals surface area contributed by atoms with E-state index in [0.29, 0.717) is 5.92 Å². The molecular weight excluding hydrogens is 268 g/mol. The van der Waals surface area contributed by atoms with Crippen LogP contribution in [0.25, 0.3) is 0 Å². The number of ether oxygens (including phenoxy) is 1. The Kier molecular flexibility index (Phi) is 3.71. The predicted molar refractivity (Wildman–Crippen MR) is 91.3 cm³/mol. The van der Waals surface area contributed by atoms with Crippen LogP contribution in [0.1, 0.15) is 76.7 Å². The molecule has 0 aliphatic heterocycles. The van der Waals surface area contributed by atoms with Crippen LogP contribution in [0.4, 0.5) is 0 Å². The van der Waals surface area contributed by atoms with Gasteiger partial charge in [0.1, 0.15) is 11.4 Å². The van der Waals surface area contributed by atoms with E-state index in [9.17, 15) is 0 Å². The Morgan fingerprint density at radius 3 is 2.05 bits per heavy atom. The van der Waals surface area contributed by atoms with Crippen LogP contribution in [0.2, 0.25) is 0 Å². The van der Waals surface area contributed by atoms with Crippen molar-refractivity contribution in [2.24, 2.45) is 17.8 Å². The summed E-state index contributed by atoms with van der Waals surface area (Å²) in [5.74, 6) is 4.63. The third kappa shape index (κ3) is 2.68. The van der Waals surface area contributed by atoms with Gasteiger partial charge in [-0.15, -0.1) is 0 Å². The molecule has 0 aromatic heterocycles. The van der Waals surface area contributed by atoms with Gasteiger partial charge < -0.3 is 4.74 Å². The highest BCUT2D eigenvalue weighted by Gasteiger charge is 2.52. The summed E-state index contributed by atoms with van der Waals surface area (Å²) in [7, 11) is 0. The van der Waals surface area contributed by atoms with E-state index < -0.39 is 0 Å². The highest BCUT2D eigenvalue weighted by atomic mass is 16.5. The molecule has 4 aliphatic rings. The molecule has 22 heavy (non-hydrogen) atoms. The Balaban J connectivity index is 1.47. The molecule has 0 heterocycles. The fraction of sp³-hybridized carbons (Fsp3) is 0.714. The second-order valence-electron chi connectivity index (χ2n) is 8.46. The lowest BCUT2D eigenvalue weighted by Gasteiger charge is -2.56. The molecule has 4 aliphatic carbocycles. The van der Waals surface area contributed by atoms with Gasteiger partial charge in [0, 0.05) is 0 Å². The smallest absolute Gasteiger partial charge is 0.120 e. The van der Waals surface area contributed by atoms with Gasteiger partial charge in [0.25, 0.3) is 0 Å². The second-order valence-corrected chi connectivity index (χ2v) is 8.46. The highest BCUT2D eigenvalue weighted by Crippen LogP contribution is 2.57. The first-order valence-electron chi connectivity index (χ1n) is 9.45. The summed E-state index contributed by atoms with van der Waals surface area (Å²) in [5, 5.41) is 0. The van der Waals surface area contributed by atoms with Crippen LogP contribution in [-0.4, -0.2) is 5.60 Å². The lowest BCUT2D eigenvalue weighted by molar-refractivity contribution is -0.107. The van der Waals surface area contributed by atoms with E-state index in [1.807, 2.05) is 0 Å². The van der Waals surface area contributed by atoms with Crippen molar-refractivity contribution >= 4 is 0 Å². The fourth-order valence-electron chi connectivity index (χ4n) is 5.87. The fourth-order valence-corrected chi connectivity index (χ4v) is 5.87. The van der Waals surface area contributed by atoms with Crippen LogP contribution < -0.4 is 4.74 Å². The molecule has 1 nitrogen and oxygen atoms in total. The topological polar surface area (TPSA) is 9.23 Å². The van der Waals surface area contributed by atoms with Gasteiger partial charge in [-0.25, -0.2) is 0 Å². The van der Waals surface area contributed by atoms with Crippen LogP contribution in [0.5, 0.6) is 5.75 Å². The lowest BCUT2D eigenvalue weighted by Crippen LogP contribution is -2.53. The van der Waals surface area contributed by atoms with Crippen molar-refractivity contribution < 1.29 is 4.74 Å². The average Bonchev–Trinajstić information content (AvgIpc) is 2.46. The normalized spacial score (nSPS) is 37.3. The van der Waals surface area contributed by atoms with E-state index in [0.717, 1.165) is 23.5 Å². The SMILES string of the molecule is CCCC(C)c1ccc(OC23CC4CC(CC(C4)C2)C3)cc1. The molecule has 4 saturated carbocycles. The standard InChI is InChI=1S/C21H30O/c1-3-4-15(2)19-5-7-20(8-6-19)22-21-12-16-9-17(13-21)11-18(10-16)14-21/h5-8,15-18H,3-4,9-14H2,1-2H3. The van der Waals surface area contributed by atoms with Crippen LogP contribution in [0.15, 0.2) is 24.3 Å². The maximum atomic E-state index is 6.61. The minimum atomic E-state index is 0.186. The average molecular weight is 298 g/mol. The zero-order valence-electron chi connectivity index (χ0n) is 14.2. The lowest BCUT2D eigenvalue weighted by atomic mass is 9.54. The Bertz CT molecular complexity index is 480. The highest BCUT2D eigenvalue weighted by molar-refractivity contribution is 5.30. The van der Waals surface area contributed by atoms with Gasteiger partial charge in [-0.05, 0) is 86.3 Å². The van der Waals surface area contributed by atoms with Crippen molar-refractivity contribution in [1.29, 1.82) is 0 Å². The third-order valence-electron chi connectivity index (χ3n) is 6.49. The summed E-state index contributed by atoms with van der Waals surface area (Å²) in [6, 6.07) is 9.02. The van der Waals surface area contributed by atoms with E-state index in [1.165, 1.54) is 56.9 Å². The van der Waals surface area contributed by atoms with Crippen molar-refractivity contribution in [2.45, 2.75) is 76.7 Å². The monoisotopic (exact) mass is 298 g/mol. The van der Waals surface area contributed by atoms with Crippen LogP contribution in [0.3, 0.4) is 0 Å². The van der Waals surface area contributed by atoms with Gasteiger partial charge in [0.15, 0.2) is 0 Å². The number of hydrogen-bond acceptors (Lipinski definition) is 1. The van der Waals surface area contributed by atoms with E-state index in [2.05, 4.69) is 38.1 Å². The molecule has 0 saturated heterocycles. The van der Waals surface area contributed by atoms with Gasteiger partial charge in [0.2, 0.25) is 0 Å². The predicted octanol–water partition coefficient (Wildman–Crippen LogP) is 5.94. The molecule has 1 atom stereocenters. The molecule has 4 fully saturated rings. The number of benzene rings is 1. The molecule has 4 bridgehead atoms. The van der Waals surface area contributed by atoms with Crippen LogP contribution >= 0.6 is 0 Å². The van der Waals surface area contributed by atoms with Gasteiger partial charge in [0.05, 0.1) is 0 Å². The molecule has 1 aromatic carbocycles. The summed E-state index contributed by atoms with van der Waals surface area (Å²) in [4.78, 5) is 0.